The minimum absolute atomic E-state index is 0.220. The van der Waals surface area contributed by atoms with E-state index in [1.54, 1.807) is 12.1 Å². The van der Waals surface area contributed by atoms with Crippen LogP contribution < -0.4 is 10.8 Å². The highest BCUT2D eigenvalue weighted by Crippen LogP contribution is 2.18. The largest absolute Gasteiger partial charge is 0.489 e. The SMILES string of the molecule is CC[C@H](NC(=O)c1cc(B(O)O)cs1)c1ccc(F)cc1. The normalized spacial score (nSPS) is 12.0. The molecular formula is C14H15BFNO3S. The Bertz CT molecular complexity index is 615. The topological polar surface area (TPSA) is 69.6 Å². The lowest BCUT2D eigenvalue weighted by atomic mass is 9.82. The third-order valence-electron chi connectivity index (χ3n) is 3.13. The van der Waals surface area contributed by atoms with Crippen molar-refractivity contribution < 1.29 is 19.2 Å². The number of hydrogen-bond donors (Lipinski definition) is 3. The molecule has 0 aliphatic rings. The van der Waals surface area contributed by atoms with Crippen LogP contribution in [0.2, 0.25) is 0 Å². The molecule has 1 atom stereocenters. The van der Waals surface area contributed by atoms with Crippen LogP contribution in [0, 0.1) is 5.82 Å². The maximum Gasteiger partial charge on any atom is 0.489 e. The number of halogens is 1. The van der Waals surface area contributed by atoms with E-state index in [4.69, 9.17) is 10.0 Å². The lowest BCUT2D eigenvalue weighted by Gasteiger charge is -2.17. The lowest BCUT2D eigenvalue weighted by molar-refractivity contribution is 0.0939. The number of benzene rings is 1. The number of amides is 1. The van der Waals surface area contributed by atoms with Crippen LogP contribution in [0.4, 0.5) is 4.39 Å². The summed E-state index contributed by atoms with van der Waals surface area (Å²) in [5.74, 6) is -0.608. The highest BCUT2D eigenvalue weighted by Gasteiger charge is 2.19. The summed E-state index contributed by atoms with van der Waals surface area (Å²) < 4.78 is 12.9. The van der Waals surface area contributed by atoms with Gasteiger partial charge in [0.1, 0.15) is 5.82 Å². The fourth-order valence-corrected chi connectivity index (χ4v) is 2.77. The molecule has 3 N–H and O–H groups in total. The summed E-state index contributed by atoms with van der Waals surface area (Å²) in [4.78, 5) is 12.6. The van der Waals surface area contributed by atoms with E-state index in [2.05, 4.69) is 5.32 Å². The highest BCUT2D eigenvalue weighted by molar-refractivity contribution is 7.13. The molecule has 1 heterocycles. The first-order valence-electron chi connectivity index (χ1n) is 6.52. The van der Waals surface area contributed by atoms with E-state index in [-0.39, 0.29) is 17.8 Å². The van der Waals surface area contributed by atoms with Crippen LogP contribution >= 0.6 is 11.3 Å². The summed E-state index contributed by atoms with van der Waals surface area (Å²) in [6.07, 6.45) is 0.665. The van der Waals surface area contributed by atoms with Gasteiger partial charge in [-0.2, -0.15) is 0 Å². The van der Waals surface area contributed by atoms with E-state index in [1.165, 1.54) is 23.6 Å². The zero-order valence-electron chi connectivity index (χ0n) is 11.4. The molecular weight excluding hydrogens is 292 g/mol. The fraction of sp³-hybridized carbons (Fsp3) is 0.214. The first kappa shape index (κ1) is 15.7. The van der Waals surface area contributed by atoms with Crippen molar-refractivity contribution in [3.05, 3.63) is 52.0 Å². The lowest BCUT2D eigenvalue weighted by Crippen LogP contribution is -2.30. The van der Waals surface area contributed by atoms with Crippen LogP contribution in [-0.2, 0) is 0 Å². The molecule has 0 aliphatic heterocycles. The Morgan fingerprint density at radius 2 is 2.05 bits per heavy atom. The summed E-state index contributed by atoms with van der Waals surface area (Å²) in [7, 11) is -1.58. The Balaban J connectivity index is 2.10. The molecule has 7 heteroatoms. The van der Waals surface area contributed by atoms with Crippen molar-refractivity contribution >= 4 is 29.8 Å². The zero-order valence-corrected chi connectivity index (χ0v) is 12.2. The van der Waals surface area contributed by atoms with Gasteiger partial charge in [-0.15, -0.1) is 11.3 Å². The zero-order chi connectivity index (χ0) is 15.4. The molecule has 0 unspecified atom stereocenters. The van der Waals surface area contributed by atoms with Gasteiger partial charge >= 0.3 is 7.12 Å². The van der Waals surface area contributed by atoms with Crippen LogP contribution in [0.25, 0.3) is 0 Å². The van der Waals surface area contributed by atoms with Crippen molar-refractivity contribution in [2.24, 2.45) is 0 Å². The van der Waals surface area contributed by atoms with Crippen LogP contribution in [0.5, 0.6) is 0 Å². The fourth-order valence-electron chi connectivity index (χ4n) is 1.95. The standard InChI is InChI=1S/C14H15BFNO3S/c1-2-12(9-3-5-11(16)6-4-9)17-14(18)13-7-10(8-21-13)15(19)20/h3-8,12,19-20H,2H2,1H3,(H,17,18)/t12-/m0/s1. The van der Waals surface area contributed by atoms with E-state index < -0.39 is 7.12 Å². The van der Waals surface area contributed by atoms with Crippen molar-refractivity contribution in [1.29, 1.82) is 0 Å². The van der Waals surface area contributed by atoms with E-state index in [0.717, 1.165) is 16.9 Å². The number of carbonyl (C=O) groups is 1. The predicted molar refractivity (Wildman–Crippen MR) is 81.0 cm³/mol. The molecule has 2 aromatic rings. The minimum atomic E-state index is -1.58. The van der Waals surface area contributed by atoms with Crippen molar-refractivity contribution in [1.82, 2.24) is 5.32 Å². The molecule has 4 nitrogen and oxygen atoms in total. The van der Waals surface area contributed by atoms with Crippen molar-refractivity contribution in [2.75, 3.05) is 0 Å². The molecule has 0 saturated carbocycles. The summed E-state index contributed by atoms with van der Waals surface area (Å²) in [6.45, 7) is 1.92. The smallest absolute Gasteiger partial charge is 0.423 e. The van der Waals surface area contributed by atoms with Crippen molar-refractivity contribution in [2.45, 2.75) is 19.4 Å². The van der Waals surface area contributed by atoms with Gasteiger partial charge in [0, 0.05) is 0 Å². The maximum atomic E-state index is 12.9. The van der Waals surface area contributed by atoms with Crippen molar-refractivity contribution in [3.8, 4) is 0 Å². The second-order valence-corrected chi connectivity index (χ2v) is 5.52. The Morgan fingerprint density at radius 3 is 2.57 bits per heavy atom. The van der Waals surface area contributed by atoms with Gasteiger partial charge in [0.15, 0.2) is 0 Å². The van der Waals surface area contributed by atoms with Gasteiger partial charge in [-0.1, -0.05) is 19.1 Å². The predicted octanol–water partition coefficient (Wildman–Crippen LogP) is 1.45. The van der Waals surface area contributed by atoms with E-state index >= 15 is 0 Å². The van der Waals surface area contributed by atoms with Gasteiger partial charge in [-0.25, -0.2) is 4.39 Å². The summed E-state index contributed by atoms with van der Waals surface area (Å²) in [5.41, 5.74) is 1.12. The quantitative estimate of drug-likeness (QED) is 0.732. The Kier molecular flexibility index (Phi) is 5.11. The van der Waals surface area contributed by atoms with Gasteiger partial charge < -0.3 is 15.4 Å². The first-order valence-corrected chi connectivity index (χ1v) is 7.40. The molecule has 1 amide bonds. The van der Waals surface area contributed by atoms with E-state index in [1.807, 2.05) is 6.92 Å². The van der Waals surface area contributed by atoms with Gasteiger partial charge in [0.25, 0.3) is 5.91 Å². The molecule has 0 radical (unpaired) electrons. The highest BCUT2D eigenvalue weighted by atomic mass is 32.1. The summed E-state index contributed by atoms with van der Waals surface area (Å²) in [6, 6.07) is 7.22. The molecule has 0 aliphatic carbocycles. The van der Waals surface area contributed by atoms with E-state index in [9.17, 15) is 9.18 Å². The van der Waals surface area contributed by atoms with Gasteiger partial charge in [0.05, 0.1) is 10.9 Å². The molecule has 1 aromatic carbocycles. The first-order chi connectivity index (χ1) is 10.0. The average Bonchev–Trinajstić information content (AvgIpc) is 2.96. The molecule has 0 fully saturated rings. The maximum absolute atomic E-state index is 12.9. The number of thiophene rings is 1. The molecule has 21 heavy (non-hydrogen) atoms. The van der Waals surface area contributed by atoms with Crippen molar-refractivity contribution in [3.63, 3.8) is 0 Å². The molecule has 0 saturated heterocycles. The minimum Gasteiger partial charge on any atom is -0.423 e. The number of carbonyl (C=O) groups excluding carboxylic acids is 1. The average molecular weight is 307 g/mol. The monoisotopic (exact) mass is 307 g/mol. The van der Waals surface area contributed by atoms with Gasteiger partial charge in [-0.3, -0.25) is 4.79 Å². The summed E-state index contributed by atoms with van der Waals surface area (Å²) >= 11 is 1.14. The molecule has 0 spiro atoms. The van der Waals surface area contributed by atoms with Gasteiger partial charge in [-0.05, 0) is 41.0 Å². The van der Waals surface area contributed by atoms with Crippen LogP contribution in [0.15, 0.2) is 35.7 Å². The van der Waals surface area contributed by atoms with E-state index in [0.29, 0.717) is 16.8 Å². The number of hydrogen-bond acceptors (Lipinski definition) is 4. The number of nitrogens with one attached hydrogen (secondary N) is 1. The Hall–Kier alpha value is -1.70. The Morgan fingerprint density at radius 1 is 1.38 bits per heavy atom. The Labute approximate surface area is 126 Å². The molecule has 0 bridgehead atoms. The van der Waals surface area contributed by atoms with Crippen LogP contribution in [0.1, 0.15) is 34.6 Å². The van der Waals surface area contributed by atoms with Gasteiger partial charge in [0.2, 0.25) is 0 Å². The second kappa shape index (κ2) is 6.84. The van der Waals surface area contributed by atoms with Crippen LogP contribution in [-0.4, -0.2) is 23.1 Å². The third-order valence-corrected chi connectivity index (χ3v) is 4.07. The number of rotatable bonds is 5. The molecule has 110 valence electrons. The molecule has 1 aromatic heterocycles. The second-order valence-electron chi connectivity index (χ2n) is 4.60. The third kappa shape index (κ3) is 3.90. The molecule has 2 rings (SSSR count). The summed E-state index contributed by atoms with van der Waals surface area (Å²) in [5, 5.41) is 22.5. The van der Waals surface area contributed by atoms with Crippen LogP contribution in [0.3, 0.4) is 0 Å².